The third-order valence-corrected chi connectivity index (χ3v) is 4.65. The van der Waals surface area contributed by atoms with Gasteiger partial charge in [-0.25, -0.2) is 4.39 Å². The van der Waals surface area contributed by atoms with Gasteiger partial charge in [0, 0.05) is 17.7 Å². The molecule has 1 aromatic heterocycles. The lowest BCUT2D eigenvalue weighted by atomic mass is 10.1. The number of carbonyl (C=O) groups excluding carboxylic acids is 1. The first-order chi connectivity index (χ1) is 13.2. The van der Waals surface area contributed by atoms with Crippen molar-refractivity contribution in [3.05, 3.63) is 65.8 Å². The van der Waals surface area contributed by atoms with Crippen LogP contribution in [0.3, 0.4) is 0 Å². The van der Waals surface area contributed by atoms with Crippen LogP contribution in [0.1, 0.15) is 35.1 Å². The van der Waals surface area contributed by atoms with E-state index in [4.69, 9.17) is 9.15 Å². The summed E-state index contributed by atoms with van der Waals surface area (Å²) in [6, 6.07) is 12.6. The molecular weight excluding hydrogens is 349 g/mol. The van der Waals surface area contributed by atoms with Crippen molar-refractivity contribution in [3.8, 4) is 17.2 Å². The normalized spacial score (nSPS) is 16.5. The van der Waals surface area contributed by atoms with Crippen molar-refractivity contribution < 1.29 is 18.3 Å². The van der Waals surface area contributed by atoms with Crippen LogP contribution in [0.25, 0.3) is 11.5 Å². The van der Waals surface area contributed by atoms with Crippen molar-refractivity contribution in [3.63, 3.8) is 0 Å². The summed E-state index contributed by atoms with van der Waals surface area (Å²) in [5, 5.41) is 8.28. The summed E-state index contributed by atoms with van der Waals surface area (Å²) >= 11 is 0. The highest BCUT2D eigenvalue weighted by molar-refractivity contribution is 5.94. The number of nitrogens with zero attached hydrogens (tertiary/aromatic N) is 3. The van der Waals surface area contributed by atoms with E-state index in [9.17, 15) is 9.18 Å². The van der Waals surface area contributed by atoms with Gasteiger partial charge in [0.15, 0.2) is 0 Å². The lowest BCUT2D eigenvalue weighted by Crippen LogP contribution is -2.30. The fourth-order valence-electron chi connectivity index (χ4n) is 3.27. The molecule has 2 aromatic carbocycles. The van der Waals surface area contributed by atoms with Gasteiger partial charge in [-0.3, -0.25) is 4.79 Å². The Morgan fingerprint density at radius 2 is 2.04 bits per heavy atom. The van der Waals surface area contributed by atoms with Gasteiger partial charge in [0.05, 0.1) is 7.11 Å². The third kappa shape index (κ3) is 3.40. The molecule has 1 fully saturated rings. The van der Waals surface area contributed by atoms with Crippen LogP contribution in [0, 0.1) is 5.82 Å². The first kappa shape index (κ1) is 17.2. The minimum absolute atomic E-state index is 0.168. The van der Waals surface area contributed by atoms with E-state index in [0.717, 1.165) is 18.4 Å². The van der Waals surface area contributed by atoms with Crippen molar-refractivity contribution in [2.45, 2.75) is 18.9 Å². The van der Waals surface area contributed by atoms with Crippen LogP contribution in [0.5, 0.6) is 5.75 Å². The van der Waals surface area contributed by atoms with Gasteiger partial charge in [0.2, 0.25) is 11.8 Å². The molecule has 3 aromatic rings. The Kier molecular flexibility index (Phi) is 4.58. The average Bonchev–Trinajstić information content (AvgIpc) is 3.37. The number of aromatic nitrogens is 2. The summed E-state index contributed by atoms with van der Waals surface area (Å²) in [6.45, 7) is 0.595. The molecule has 1 atom stereocenters. The second-order valence-electron chi connectivity index (χ2n) is 6.34. The van der Waals surface area contributed by atoms with E-state index in [0.29, 0.717) is 29.6 Å². The smallest absolute Gasteiger partial charge is 0.254 e. The molecule has 0 spiro atoms. The molecule has 2 heterocycles. The van der Waals surface area contributed by atoms with Crippen LogP contribution in [0.15, 0.2) is 52.9 Å². The molecule has 0 radical (unpaired) electrons. The summed E-state index contributed by atoms with van der Waals surface area (Å²) in [4.78, 5) is 14.5. The van der Waals surface area contributed by atoms with Gasteiger partial charge in [-0.2, -0.15) is 0 Å². The summed E-state index contributed by atoms with van der Waals surface area (Å²) in [5.74, 6) is 0.940. The molecule has 27 heavy (non-hydrogen) atoms. The topological polar surface area (TPSA) is 68.5 Å². The molecule has 0 aliphatic carbocycles. The van der Waals surface area contributed by atoms with Gasteiger partial charge in [-0.1, -0.05) is 6.07 Å². The Bertz CT molecular complexity index is 955. The Morgan fingerprint density at radius 1 is 1.22 bits per heavy atom. The Labute approximate surface area is 155 Å². The molecule has 6 nitrogen and oxygen atoms in total. The summed E-state index contributed by atoms with van der Waals surface area (Å²) in [6.07, 6.45) is 1.58. The molecule has 138 valence electrons. The van der Waals surface area contributed by atoms with Gasteiger partial charge in [0.1, 0.15) is 17.6 Å². The zero-order chi connectivity index (χ0) is 18.8. The lowest BCUT2D eigenvalue weighted by molar-refractivity contribution is 0.0716. The van der Waals surface area contributed by atoms with Crippen molar-refractivity contribution in [1.82, 2.24) is 15.1 Å². The molecular formula is C20H18FN3O3. The predicted molar refractivity (Wildman–Crippen MR) is 95.7 cm³/mol. The first-order valence-corrected chi connectivity index (χ1v) is 8.70. The van der Waals surface area contributed by atoms with E-state index in [1.54, 1.807) is 12.0 Å². The van der Waals surface area contributed by atoms with Gasteiger partial charge >= 0.3 is 0 Å². The first-order valence-electron chi connectivity index (χ1n) is 8.70. The lowest BCUT2D eigenvalue weighted by Gasteiger charge is -2.22. The van der Waals surface area contributed by atoms with Crippen molar-refractivity contribution in [2.24, 2.45) is 0 Å². The second kappa shape index (κ2) is 7.19. The number of likely N-dealkylation sites (tertiary alicyclic amines) is 1. The fraction of sp³-hybridized carbons (Fsp3) is 0.250. The Morgan fingerprint density at radius 3 is 2.81 bits per heavy atom. The molecule has 1 unspecified atom stereocenters. The molecule has 1 aliphatic heterocycles. The molecule has 1 saturated heterocycles. The van der Waals surface area contributed by atoms with Crippen LogP contribution in [-0.4, -0.2) is 34.7 Å². The van der Waals surface area contributed by atoms with E-state index < -0.39 is 0 Å². The number of benzene rings is 2. The number of rotatable bonds is 4. The highest BCUT2D eigenvalue weighted by Crippen LogP contribution is 2.34. The van der Waals surface area contributed by atoms with E-state index in [1.165, 1.54) is 24.3 Å². The quantitative estimate of drug-likeness (QED) is 0.700. The van der Waals surface area contributed by atoms with Crippen LogP contribution >= 0.6 is 0 Å². The molecule has 4 rings (SSSR count). The highest BCUT2D eigenvalue weighted by atomic mass is 19.1. The van der Waals surface area contributed by atoms with Gasteiger partial charge < -0.3 is 14.1 Å². The number of hydrogen-bond donors (Lipinski definition) is 0. The fourth-order valence-corrected chi connectivity index (χ4v) is 3.27. The number of methoxy groups -OCH3 is 1. The monoisotopic (exact) mass is 367 g/mol. The number of halogens is 1. The van der Waals surface area contributed by atoms with Crippen molar-refractivity contribution >= 4 is 5.91 Å². The van der Waals surface area contributed by atoms with E-state index in [1.807, 2.05) is 24.3 Å². The molecule has 0 N–H and O–H groups in total. The van der Waals surface area contributed by atoms with Gasteiger partial charge in [0.25, 0.3) is 5.91 Å². The Hall–Kier alpha value is -3.22. The SMILES string of the molecule is COc1cccc(-c2nnc(C3CCCN3C(=O)c3ccc(F)cc3)o2)c1. The summed E-state index contributed by atoms with van der Waals surface area (Å²) in [5.41, 5.74) is 1.19. The van der Waals surface area contributed by atoms with Crippen LogP contribution in [0.4, 0.5) is 4.39 Å². The van der Waals surface area contributed by atoms with E-state index in [2.05, 4.69) is 10.2 Å². The zero-order valence-corrected chi connectivity index (χ0v) is 14.8. The highest BCUT2D eigenvalue weighted by Gasteiger charge is 2.34. The van der Waals surface area contributed by atoms with Gasteiger partial charge in [-0.15, -0.1) is 10.2 Å². The molecule has 1 aliphatic rings. The maximum Gasteiger partial charge on any atom is 0.254 e. The third-order valence-electron chi connectivity index (χ3n) is 4.65. The second-order valence-corrected chi connectivity index (χ2v) is 6.34. The maximum atomic E-state index is 13.1. The Balaban J connectivity index is 1.58. The molecule has 0 saturated carbocycles. The molecule has 0 bridgehead atoms. The van der Waals surface area contributed by atoms with E-state index in [-0.39, 0.29) is 17.8 Å². The minimum Gasteiger partial charge on any atom is -0.497 e. The van der Waals surface area contributed by atoms with E-state index >= 15 is 0 Å². The molecule has 7 heteroatoms. The summed E-state index contributed by atoms with van der Waals surface area (Å²) < 4.78 is 24.2. The predicted octanol–water partition coefficient (Wildman–Crippen LogP) is 3.86. The largest absolute Gasteiger partial charge is 0.497 e. The summed E-state index contributed by atoms with van der Waals surface area (Å²) in [7, 11) is 1.59. The zero-order valence-electron chi connectivity index (χ0n) is 14.8. The van der Waals surface area contributed by atoms with Gasteiger partial charge in [-0.05, 0) is 55.3 Å². The number of hydrogen-bond acceptors (Lipinski definition) is 5. The number of amides is 1. The van der Waals surface area contributed by atoms with Crippen LogP contribution in [0.2, 0.25) is 0 Å². The standard InChI is InChI=1S/C20H18FN3O3/c1-26-16-5-2-4-14(12-16)18-22-23-19(27-18)17-6-3-11-24(17)20(25)13-7-9-15(21)10-8-13/h2,4-5,7-10,12,17H,3,6,11H2,1H3. The minimum atomic E-state index is -0.371. The van der Waals surface area contributed by atoms with Crippen molar-refractivity contribution in [2.75, 3.05) is 13.7 Å². The van der Waals surface area contributed by atoms with Crippen LogP contribution in [-0.2, 0) is 0 Å². The molecule has 1 amide bonds. The number of carbonyl (C=O) groups is 1. The van der Waals surface area contributed by atoms with Crippen molar-refractivity contribution in [1.29, 1.82) is 0 Å². The van der Waals surface area contributed by atoms with Crippen LogP contribution < -0.4 is 4.74 Å². The maximum absolute atomic E-state index is 13.1. The number of ether oxygens (including phenoxy) is 1. The average molecular weight is 367 g/mol.